The van der Waals surface area contributed by atoms with E-state index in [0.717, 1.165) is 17.1 Å². The molecule has 1 unspecified atom stereocenters. The Bertz CT molecular complexity index is 975. The molecule has 7 heteroatoms. The number of aryl methyl sites for hydroxylation is 1. The lowest BCUT2D eigenvalue weighted by Gasteiger charge is -2.32. The highest BCUT2D eigenvalue weighted by Gasteiger charge is 2.28. The van der Waals surface area contributed by atoms with Crippen molar-refractivity contribution < 1.29 is 4.79 Å². The lowest BCUT2D eigenvalue weighted by atomic mass is 10.2. The van der Waals surface area contributed by atoms with E-state index in [1.807, 2.05) is 56.2 Å². The third kappa shape index (κ3) is 4.73. The van der Waals surface area contributed by atoms with Crippen molar-refractivity contribution in [3.8, 4) is 17.1 Å². The van der Waals surface area contributed by atoms with E-state index in [1.165, 1.54) is 17.3 Å². The molecule has 158 valence electrons. The number of nitrogens with zero attached hydrogens (tertiary/aromatic N) is 5. The molecule has 2 aromatic heterocycles. The molecule has 0 aliphatic heterocycles. The summed E-state index contributed by atoms with van der Waals surface area (Å²) in [6.45, 7) is 12.2. The van der Waals surface area contributed by atoms with Gasteiger partial charge in [0, 0.05) is 35.7 Å². The Morgan fingerprint density at radius 2 is 1.53 bits per heavy atom. The van der Waals surface area contributed by atoms with Crippen LogP contribution in [0.15, 0.2) is 53.9 Å². The maximum Gasteiger partial charge on any atom is 0.236 e. The lowest BCUT2D eigenvalue weighted by molar-refractivity contribution is -0.133. The van der Waals surface area contributed by atoms with Gasteiger partial charge in [0.25, 0.3) is 0 Å². The van der Waals surface area contributed by atoms with Gasteiger partial charge in [0.15, 0.2) is 11.0 Å². The Balaban J connectivity index is 2.00. The van der Waals surface area contributed by atoms with Crippen LogP contribution in [0.4, 0.5) is 0 Å². The molecule has 1 amide bonds. The SMILES string of the molecule is Cc1ccc(-n2c(SC(C)C(=O)N(C(C)C)C(C)C)nnc2-c2ccncc2)cc1. The summed E-state index contributed by atoms with van der Waals surface area (Å²) in [7, 11) is 0. The zero-order valence-electron chi connectivity index (χ0n) is 18.4. The number of hydrogen-bond acceptors (Lipinski definition) is 5. The van der Waals surface area contributed by atoms with Crippen LogP contribution in [0.2, 0.25) is 0 Å². The fraction of sp³-hybridized carbons (Fsp3) is 0.391. The summed E-state index contributed by atoms with van der Waals surface area (Å²) in [6.07, 6.45) is 3.48. The molecular formula is C23H29N5OS. The summed E-state index contributed by atoms with van der Waals surface area (Å²) >= 11 is 1.44. The van der Waals surface area contributed by atoms with Crippen LogP contribution in [0, 0.1) is 6.92 Å². The molecule has 1 atom stereocenters. The number of pyridine rings is 1. The quantitative estimate of drug-likeness (QED) is 0.513. The fourth-order valence-corrected chi connectivity index (χ4v) is 4.41. The number of carbonyl (C=O) groups is 1. The van der Waals surface area contributed by atoms with Gasteiger partial charge in [-0.05, 0) is 65.8 Å². The van der Waals surface area contributed by atoms with Gasteiger partial charge in [-0.15, -0.1) is 10.2 Å². The van der Waals surface area contributed by atoms with Crippen molar-refractivity contribution in [2.45, 2.75) is 64.0 Å². The van der Waals surface area contributed by atoms with Gasteiger partial charge in [-0.1, -0.05) is 29.5 Å². The number of aromatic nitrogens is 4. The molecule has 0 aliphatic rings. The molecule has 30 heavy (non-hydrogen) atoms. The number of rotatable bonds is 7. The van der Waals surface area contributed by atoms with Crippen LogP contribution in [-0.2, 0) is 4.79 Å². The monoisotopic (exact) mass is 423 g/mol. The van der Waals surface area contributed by atoms with Crippen molar-refractivity contribution in [1.29, 1.82) is 0 Å². The molecule has 3 rings (SSSR count). The molecule has 0 bridgehead atoms. The predicted molar refractivity (Wildman–Crippen MR) is 122 cm³/mol. The van der Waals surface area contributed by atoms with Gasteiger partial charge in [0.2, 0.25) is 5.91 Å². The normalized spacial score (nSPS) is 12.4. The second-order valence-electron chi connectivity index (χ2n) is 7.91. The molecule has 0 aliphatic carbocycles. The third-order valence-corrected chi connectivity index (χ3v) is 5.89. The number of carbonyl (C=O) groups excluding carboxylic acids is 1. The molecule has 1 aromatic carbocycles. The number of hydrogen-bond donors (Lipinski definition) is 0. The van der Waals surface area contributed by atoms with Crippen LogP contribution >= 0.6 is 11.8 Å². The molecule has 0 spiro atoms. The number of thioether (sulfide) groups is 1. The van der Waals surface area contributed by atoms with E-state index >= 15 is 0 Å². The van der Waals surface area contributed by atoms with Crippen LogP contribution in [0.1, 0.15) is 40.2 Å². The highest BCUT2D eigenvalue weighted by molar-refractivity contribution is 8.00. The predicted octanol–water partition coefficient (Wildman–Crippen LogP) is 4.76. The first-order chi connectivity index (χ1) is 14.3. The Kier molecular flexibility index (Phi) is 6.92. The second-order valence-corrected chi connectivity index (χ2v) is 9.21. The van der Waals surface area contributed by atoms with Crippen molar-refractivity contribution in [2.75, 3.05) is 0 Å². The Labute approximate surface area is 182 Å². The van der Waals surface area contributed by atoms with Crippen molar-refractivity contribution in [2.24, 2.45) is 0 Å². The van der Waals surface area contributed by atoms with Gasteiger partial charge in [0.1, 0.15) is 0 Å². The Hall–Kier alpha value is -2.67. The average molecular weight is 424 g/mol. The summed E-state index contributed by atoms with van der Waals surface area (Å²) < 4.78 is 2.01. The summed E-state index contributed by atoms with van der Waals surface area (Å²) in [5.74, 6) is 0.835. The molecule has 0 fully saturated rings. The van der Waals surface area contributed by atoms with Crippen molar-refractivity contribution in [3.05, 3.63) is 54.4 Å². The molecule has 0 radical (unpaired) electrons. The van der Waals surface area contributed by atoms with E-state index in [2.05, 4.69) is 46.4 Å². The van der Waals surface area contributed by atoms with E-state index in [9.17, 15) is 4.79 Å². The highest BCUT2D eigenvalue weighted by atomic mass is 32.2. The largest absolute Gasteiger partial charge is 0.337 e. The smallest absolute Gasteiger partial charge is 0.236 e. The molecule has 0 saturated carbocycles. The topological polar surface area (TPSA) is 63.9 Å². The highest BCUT2D eigenvalue weighted by Crippen LogP contribution is 2.31. The fourth-order valence-electron chi connectivity index (χ4n) is 3.48. The van der Waals surface area contributed by atoms with E-state index in [-0.39, 0.29) is 23.2 Å². The molecule has 3 aromatic rings. The zero-order chi connectivity index (χ0) is 21.8. The van der Waals surface area contributed by atoms with E-state index in [0.29, 0.717) is 5.16 Å². The molecule has 0 saturated heterocycles. The Morgan fingerprint density at radius 3 is 2.10 bits per heavy atom. The van der Waals surface area contributed by atoms with Crippen molar-refractivity contribution >= 4 is 17.7 Å². The maximum absolute atomic E-state index is 13.1. The molecule has 0 N–H and O–H groups in total. The van der Waals surface area contributed by atoms with Crippen molar-refractivity contribution in [1.82, 2.24) is 24.6 Å². The van der Waals surface area contributed by atoms with Gasteiger partial charge < -0.3 is 4.90 Å². The summed E-state index contributed by atoms with van der Waals surface area (Å²) in [4.78, 5) is 19.2. The zero-order valence-corrected chi connectivity index (χ0v) is 19.2. The Morgan fingerprint density at radius 1 is 0.933 bits per heavy atom. The minimum Gasteiger partial charge on any atom is -0.337 e. The van der Waals surface area contributed by atoms with Crippen LogP contribution in [0.3, 0.4) is 0 Å². The maximum atomic E-state index is 13.1. The van der Waals surface area contributed by atoms with Gasteiger partial charge in [0.05, 0.1) is 5.25 Å². The van der Waals surface area contributed by atoms with Gasteiger partial charge >= 0.3 is 0 Å². The summed E-state index contributed by atoms with van der Waals surface area (Å²) in [6, 6.07) is 12.3. The van der Waals surface area contributed by atoms with Crippen LogP contribution in [0.25, 0.3) is 17.1 Å². The summed E-state index contributed by atoms with van der Waals surface area (Å²) in [5.41, 5.74) is 3.07. The number of benzene rings is 1. The van der Waals surface area contributed by atoms with Crippen LogP contribution < -0.4 is 0 Å². The van der Waals surface area contributed by atoms with Crippen molar-refractivity contribution in [3.63, 3.8) is 0 Å². The van der Waals surface area contributed by atoms with Crippen LogP contribution in [-0.4, -0.2) is 47.9 Å². The summed E-state index contributed by atoms with van der Waals surface area (Å²) in [5, 5.41) is 9.31. The first-order valence-corrected chi connectivity index (χ1v) is 11.1. The second kappa shape index (κ2) is 9.43. The first-order valence-electron chi connectivity index (χ1n) is 10.2. The lowest BCUT2D eigenvalue weighted by Crippen LogP contribution is -2.45. The standard InChI is InChI=1S/C23H29N5OS/c1-15(2)27(16(3)4)22(29)18(6)30-23-26-25-21(19-11-13-24-14-12-19)28(23)20-9-7-17(5)8-10-20/h7-16,18H,1-6H3. The third-order valence-electron chi connectivity index (χ3n) is 4.86. The first kappa shape index (κ1) is 22.0. The average Bonchev–Trinajstić information content (AvgIpc) is 3.12. The van der Waals surface area contributed by atoms with Gasteiger partial charge in [-0.25, -0.2) is 0 Å². The van der Waals surface area contributed by atoms with Gasteiger partial charge in [-0.2, -0.15) is 0 Å². The van der Waals surface area contributed by atoms with E-state index in [1.54, 1.807) is 12.4 Å². The van der Waals surface area contributed by atoms with E-state index < -0.39 is 0 Å². The van der Waals surface area contributed by atoms with Gasteiger partial charge in [-0.3, -0.25) is 14.3 Å². The van der Waals surface area contributed by atoms with Crippen LogP contribution in [0.5, 0.6) is 0 Å². The minimum absolute atomic E-state index is 0.105. The number of amides is 1. The van der Waals surface area contributed by atoms with E-state index in [4.69, 9.17) is 0 Å². The molecule has 6 nitrogen and oxygen atoms in total. The minimum atomic E-state index is -0.284. The molecular weight excluding hydrogens is 394 g/mol. The molecule has 2 heterocycles.